The number of carbonyl (C=O) groups is 2. The first-order chi connectivity index (χ1) is 16.8. The Morgan fingerprint density at radius 3 is 2.60 bits per heavy atom. The van der Waals surface area contributed by atoms with Crippen LogP contribution in [0.2, 0.25) is 0 Å². The van der Waals surface area contributed by atoms with Crippen LogP contribution in [0.3, 0.4) is 0 Å². The molecular formula is C27H33N3O5. The maximum atomic E-state index is 12.7. The van der Waals surface area contributed by atoms with Crippen LogP contribution in [0.5, 0.6) is 5.75 Å². The van der Waals surface area contributed by atoms with Crippen molar-refractivity contribution in [1.29, 1.82) is 0 Å². The molecule has 0 saturated heterocycles. The van der Waals surface area contributed by atoms with Crippen molar-refractivity contribution in [2.45, 2.75) is 52.8 Å². The van der Waals surface area contributed by atoms with Gasteiger partial charge in [-0.3, -0.25) is 4.90 Å². The first kappa shape index (κ1) is 24.6. The molecule has 1 aromatic heterocycles. The van der Waals surface area contributed by atoms with Gasteiger partial charge in [-0.1, -0.05) is 32.0 Å². The second-order valence-electron chi connectivity index (χ2n) is 9.47. The molecule has 3 aromatic rings. The Hall–Kier alpha value is -3.55. The fourth-order valence-electron chi connectivity index (χ4n) is 4.50. The predicted octanol–water partition coefficient (Wildman–Crippen LogP) is 5.06. The maximum Gasteiger partial charge on any atom is 0.410 e. The van der Waals surface area contributed by atoms with E-state index >= 15 is 0 Å². The number of esters is 1. The summed E-state index contributed by atoms with van der Waals surface area (Å²) in [5.41, 5.74) is 3.70. The quantitative estimate of drug-likeness (QED) is 0.441. The molecule has 0 spiro atoms. The van der Waals surface area contributed by atoms with Crippen LogP contribution in [0, 0.1) is 5.92 Å². The van der Waals surface area contributed by atoms with Crippen LogP contribution < -0.4 is 4.74 Å². The van der Waals surface area contributed by atoms with E-state index < -0.39 is 18.1 Å². The molecule has 1 atom stereocenters. The molecule has 0 radical (unpaired) electrons. The van der Waals surface area contributed by atoms with E-state index in [4.69, 9.17) is 19.2 Å². The minimum Gasteiger partial charge on any atom is -0.486 e. The summed E-state index contributed by atoms with van der Waals surface area (Å²) in [4.78, 5) is 31.6. The lowest BCUT2D eigenvalue weighted by Gasteiger charge is -2.35. The van der Waals surface area contributed by atoms with Gasteiger partial charge in [0.25, 0.3) is 0 Å². The number of carbonyl (C=O) groups excluding carboxylic acids is 2. The lowest BCUT2D eigenvalue weighted by atomic mass is 9.92. The summed E-state index contributed by atoms with van der Waals surface area (Å²) >= 11 is 0. The number of fused-ring (bicyclic) bond motifs is 2. The second kappa shape index (κ2) is 10.4. The zero-order chi connectivity index (χ0) is 25.1. The van der Waals surface area contributed by atoms with Crippen molar-refractivity contribution in [1.82, 2.24) is 14.5 Å². The molecule has 1 aliphatic heterocycles. The monoisotopic (exact) mass is 479 g/mol. The van der Waals surface area contributed by atoms with Crippen molar-refractivity contribution in [2.75, 3.05) is 20.3 Å². The zero-order valence-corrected chi connectivity index (χ0v) is 21.0. The third kappa shape index (κ3) is 5.11. The average molecular weight is 480 g/mol. The number of hydrogen-bond donors (Lipinski definition) is 0. The van der Waals surface area contributed by atoms with Crippen LogP contribution in [0.4, 0.5) is 4.79 Å². The third-order valence-electron chi connectivity index (χ3n) is 6.10. The van der Waals surface area contributed by atoms with Crippen molar-refractivity contribution in [2.24, 2.45) is 5.92 Å². The molecule has 4 rings (SSSR count). The second-order valence-corrected chi connectivity index (χ2v) is 9.47. The molecule has 0 aliphatic carbocycles. The summed E-state index contributed by atoms with van der Waals surface area (Å²) in [7, 11) is 1.33. The fraction of sp³-hybridized carbons (Fsp3) is 0.444. The standard InChI is InChI=1S/C27H33N3O5/c1-17(2)15-35-27(32)29-13-12-19-14-20(10-11-21(19)25(29)26(31)33-5)34-16-24-28-22-8-6-7-9-23(22)30(24)18(3)4/h6-11,14,17-18,25H,12-13,15-16H2,1-5H3. The Balaban J connectivity index is 1.55. The molecule has 2 heterocycles. The van der Waals surface area contributed by atoms with Crippen LogP contribution in [0.15, 0.2) is 42.5 Å². The SMILES string of the molecule is COC(=O)C1c2ccc(OCc3nc4ccccc4n3C(C)C)cc2CCN1C(=O)OCC(C)C. The number of rotatable bonds is 7. The minimum atomic E-state index is -0.845. The van der Waals surface area contributed by atoms with E-state index in [-0.39, 0.29) is 12.0 Å². The number of imidazole rings is 1. The third-order valence-corrected chi connectivity index (χ3v) is 6.10. The molecule has 186 valence electrons. The zero-order valence-electron chi connectivity index (χ0n) is 21.0. The lowest BCUT2D eigenvalue weighted by molar-refractivity contribution is -0.147. The van der Waals surface area contributed by atoms with Crippen LogP contribution in [0.1, 0.15) is 56.7 Å². The van der Waals surface area contributed by atoms with E-state index in [9.17, 15) is 9.59 Å². The summed E-state index contributed by atoms with van der Waals surface area (Å²) < 4.78 is 18.7. The molecule has 0 bridgehead atoms. The number of nitrogens with zero attached hydrogens (tertiary/aromatic N) is 3. The summed E-state index contributed by atoms with van der Waals surface area (Å²) in [5, 5.41) is 0. The van der Waals surface area contributed by atoms with Crippen molar-refractivity contribution in [3.05, 3.63) is 59.4 Å². The fourth-order valence-corrected chi connectivity index (χ4v) is 4.50. The lowest BCUT2D eigenvalue weighted by Crippen LogP contribution is -2.44. The Kier molecular flexibility index (Phi) is 7.28. The van der Waals surface area contributed by atoms with E-state index in [1.54, 1.807) is 0 Å². The van der Waals surface area contributed by atoms with Crippen molar-refractivity contribution < 1.29 is 23.8 Å². The summed E-state index contributed by atoms with van der Waals surface area (Å²) in [6.45, 7) is 9.16. The highest BCUT2D eigenvalue weighted by atomic mass is 16.6. The van der Waals surface area contributed by atoms with Crippen molar-refractivity contribution >= 4 is 23.1 Å². The molecule has 35 heavy (non-hydrogen) atoms. The number of hydrogen-bond acceptors (Lipinski definition) is 6. The Morgan fingerprint density at radius 2 is 1.89 bits per heavy atom. The van der Waals surface area contributed by atoms with Gasteiger partial charge in [0.05, 0.1) is 24.8 Å². The van der Waals surface area contributed by atoms with Gasteiger partial charge in [0, 0.05) is 12.6 Å². The molecule has 1 unspecified atom stereocenters. The molecule has 1 amide bonds. The van der Waals surface area contributed by atoms with Crippen LogP contribution in [-0.4, -0.2) is 46.8 Å². The Labute approximate surface area is 205 Å². The van der Waals surface area contributed by atoms with E-state index in [2.05, 4.69) is 24.5 Å². The number of benzene rings is 2. The molecule has 0 saturated carbocycles. The van der Waals surface area contributed by atoms with E-state index in [0.717, 1.165) is 28.0 Å². The minimum absolute atomic E-state index is 0.205. The van der Waals surface area contributed by atoms with E-state index in [1.807, 2.05) is 50.2 Å². The van der Waals surface area contributed by atoms with Gasteiger partial charge in [0.2, 0.25) is 0 Å². The molecule has 8 heteroatoms. The van der Waals surface area contributed by atoms with Crippen molar-refractivity contribution in [3.8, 4) is 5.75 Å². The highest BCUT2D eigenvalue weighted by Gasteiger charge is 2.38. The first-order valence-electron chi connectivity index (χ1n) is 12.0. The van der Waals surface area contributed by atoms with Gasteiger partial charge in [0.1, 0.15) is 18.2 Å². The first-order valence-corrected chi connectivity index (χ1v) is 12.0. The summed E-state index contributed by atoms with van der Waals surface area (Å²) in [6.07, 6.45) is 0.0778. The smallest absolute Gasteiger partial charge is 0.410 e. The van der Waals surface area contributed by atoms with Gasteiger partial charge in [0.15, 0.2) is 6.04 Å². The predicted molar refractivity (Wildman–Crippen MR) is 132 cm³/mol. The van der Waals surface area contributed by atoms with Crippen molar-refractivity contribution in [3.63, 3.8) is 0 Å². The van der Waals surface area contributed by atoms with E-state index in [1.165, 1.54) is 12.0 Å². The number of methoxy groups -OCH3 is 1. The highest BCUT2D eigenvalue weighted by Crippen LogP contribution is 2.34. The van der Waals surface area contributed by atoms with Gasteiger partial charge in [-0.15, -0.1) is 0 Å². The largest absolute Gasteiger partial charge is 0.486 e. The average Bonchev–Trinajstić information content (AvgIpc) is 3.23. The molecule has 1 aliphatic rings. The van der Waals surface area contributed by atoms with Crippen LogP contribution in [0.25, 0.3) is 11.0 Å². The molecule has 0 fully saturated rings. The van der Waals surface area contributed by atoms with Gasteiger partial charge in [-0.2, -0.15) is 0 Å². The number of para-hydroxylation sites is 2. The van der Waals surface area contributed by atoms with Gasteiger partial charge >= 0.3 is 12.1 Å². The number of ether oxygens (including phenoxy) is 3. The Morgan fingerprint density at radius 1 is 1.11 bits per heavy atom. The maximum absolute atomic E-state index is 12.7. The van der Waals surface area contributed by atoms with Crippen LogP contribution in [-0.2, 0) is 27.3 Å². The summed E-state index contributed by atoms with van der Waals surface area (Å²) in [6, 6.07) is 13.0. The van der Waals surface area contributed by atoms with Gasteiger partial charge < -0.3 is 18.8 Å². The normalized spacial score (nSPS) is 15.4. The summed E-state index contributed by atoms with van der Waals surface area (Å²) in [5.74, 6) is 1.25. The molecular weight excluding hydrogens is 446 g/mol. The number of aromatic nitrogens is 2. The molecule has 0 N–H and O–H groups in total. The number of amides is 1. The van der Waals surface area contributed by atoms with Gasteiger partial charge in [-0.05, 0) is 61.6 Å². The van der Waals surface area contributed by atoms with Crippen LogP contribution >= 0.6 is 0 Å². The topological polar surface area (TPSA) is 82.9 Å². The molecule has 8 nitrogen and oxygen atoms in total. The van der Waals surface area contributed by atoms with Gasteiger partial charge in [-0.25, -0.2) is 14.6 Å². The highest BCUT2D eigenvalue weighted by molar-refractivity contribution is 5.84. The Bertz CT molecular complexity index is 1220. The van der Waals surface area contributed by atoms with E-state index in [0.29, 0.717) is 31.9 Å². The molecule has 2 aromatic carbocycles.